The Balaban J connectivity index is 1.26. The second-order valence-electron chi connectivity index (χ2n) is 10.0. The second-order valence-corrected chi connectivity index (χ2v) is 10.0. The van der Waals surface area contributed by atoms with Gasteiger partial charge in [-0.25, -0.2) is 9.67 Å². The van der Waals surface area contributed by atoms with Gasteiger partial charge in [-0.05, 0) is 32.6 Å². The van der Waals surface area contributed by atoms with Gasteiger partial charge in [-0.15, -0.1) is 0 Å². The monoisotopic (exact) mass is 497 g/mol. The van der Waals surface area contributed by atoms with Crippen molar-refractivity contribution < 1.29 is 19.1 Å². The Labute approximate surface area is 210 Å². The van der Waals surface area contributed by atoms with E-state index in [-0.39, 0.29) is 35.7 Å². The maximum absolute atomic E-state index is 13.4. The number of hydrogen-bond acceptors (Lipinski definition) is 7. The van der Waals surface area contributed by atoms with Crippen LogP contribution in [0, 0.1) is 5.92 Å². The number of amides is 3. The number of carbonyl (C=O) groups is 3. The van der Waals surface area contributed by atoms with Gasteiger partial charge in [0, 0.05) is 71.1 Å². The van der Waals surface area contributed by atoms with Crippen molar-refractivity contribution >= 4 is 34.4 Å². The summed E-state index contributed by atoms with van der Waals surface area (Å²) in [6.45, 7) is 5.75. The Hall–Kier alpha value is -3.21. The Morgan fingerprint density at radius 3 is 2.53 bits per heavy atom. The van der Waals surface area contributed by atoms with Crippen LogP contribution < -0.4 is 10.6 Å². The number of anilines is 1. The molecule has 5 rings (SSSR count). The summed E-state index contributed by atoms with van der Waals surface area (Å²) in [7, 11) is 1.74. The third-order valence-corrected chi connectivity index (χ3v) is 7.61. The number of nitrogens with zero attached hydrogens (tertiary/aromatic N) is 5. The summed E-state index contributed by atoms with van der Waals surface area (Å²) in [5.74, 6) is -0.357. The molecule has 2 aromatic heterocycles. The smallest absolute Gasteiger partial charge is 0.255 e. The van der Waals surface area contributed by atoms with Gasteiger partial charge in [0.15, 0.2) is 5.65 Å². The van der Waals surface area contributed by atoms with Crippen LogP contribution >= 0.6 is 0 Å². The number of aryl methyl sites for hydroxylation is 1. The highest BCUT2D eigenvalue weighted by Gasteiger charge is 2.36. The average molecular weight is 498 g/mol. The summed E-state index contributed by atoms with van der Waals surface area (Å²) in [5, 5.41) is 12.0. The summed E-state index contributed by atoms with van der Waals surface area (Å²) >= 11 is 0. The fourth-order valence-electron chi connectivity index (χ4n) is 5.43. The van der Waals surface area contributed by atoms with Gasteiger partial charge in [-0.3, -0.25) is 14.4 Å². The first-order valence-corrected chi connectivity index (χ1v) is 13.0. The van der Waals surface area contributed by atoms with Crippen molar-refractivity contribution in [2.24, 2.45) is 5.92 Å². The molecule has 3 aliphatic rings. The Kier molecular flexibility index (Phi) is 7.08. The molecular formula is C25H35N7O4. The molecule has 11 nitrogen and oxygen atoms in total. The Morgan fingerprint density at radius 2 is 1.86 bits per heavy atom. The molecular weight excluding hydrogens is 462 g/mol. The lowest BCUT2D eigenvalue weighted by Gasteiger charge is -2.34. The first-order valence-electron chi connectivity index (χ1n) is 13.0. The van der Waals surface area contributed by atoms with Crippen molar-refractivity contribution in [1.29, 1.82) is 0 Å². The molecule has 0 bridgehead atoms. The van der Waals surface area contributed by atoms with E-state index in [1.165, 1.54) is 0 Å². The zero-order valence-corrected chi connectivity index (χ0v) is 21.0. The normalized spacial score (nSPS) is 21.8. The highest BCUT2D eigenvalue weighted by atomic mass is 16.5. The van der Waals surface area contributed by atoms with Crippen molar-refractivity contribution in [3.63, 3.8) is 0 Å². The molecule has 3 amide bonds. The number of ether oxygens (including phenoxy) is 1. The molecule has 194 valence electrons. The lowest BCUT2D eigenvalue weighted by Crippen LogP contribution is -2.48. The SMILES string of the molecule is CCn1ncc2c(NC3CCOCC3)c(C(=O)NC3CCN(C(=O)C4CC(=O)N(C)C4)CC3)cnc21. The highest BCUT2D eigenvalue weighted by molar-refractivity contribution is 6.06. The summed E-state index contributed by atoms with van der Waals surface area (Å²) in [6.07, 6.45) is 6.82. The van der Waals surface area contributed by atoms with E-state index in [9.17, 15) is 14.4 Å². The molecule has 3 fully saturated rings. The minimum Gasteiger partial charge on any atom is -0.381 e. The van der Waals surface area contributed by atoms with Crippen LogP contribution in [0.5, 0.6) is 0 Å². The molecule has 1 atom stereocenters. The molecule has 36 heavy (non-hydrogen) atoms. The van der Waals surface area contributed by atoms with Crippen molar-refractivity contribution in [1.82, 2.24) is 29.9 Å². The predicted octanol–water partition coefficient (Wildman–Crippen LogP) is 1.24. The zero-order valence-electron chi connectivity index (χ0n) is 21.0. The van der Waals surface area contributed by atoms with E-state index < -0.39 is 0 Å². The van der Waals surface area contributed by atoms with Crippen molar-refractivity contribution in [3.8, 4) is 0 Å². The van der Waals surface area contributed by atoms with Crippen molar-refractivity contribution in [2.75, 3.05) is 45.2 Å². The van der Waals surface area contributed by atoms with Crippen LogP contribution in [0.2, 0.25) is 0 Å². The van der Waals surface area contributed by atoms with Gasteiger partial charge in [-0.1, -0.05) is 0 Å². The number of nitrogens with one attached hydrogen (secondary N) is 2. The van der Waals surface area contributed by atoms with Crippen LogP contribution in [0.25, 0.3) is 11.0 Å². The maximum Gasteiger partial charge on any atom is 0.255 e. The topological polar surface area (TPSA) is 122 Å². The standard InChI is InChI=1S/C25H35N7O4/c1-3-32-23-19(14-27-32)22(28-18-6-10-36-11-7-18)20(13-26-23)24(34)29-17-4-8-31(9-5-17)25(35)16-12-21(33)30(2)15-16/h13-14,16-18H,3-12,15H2,1-2H3,(H,26,28)(H,29,34). The number of pyridine rings is 1. The molecule has 0 spiro atoms. The molecule has 11 heteroatoms. The predicted molar refractivity (Wildman–Crippen MR) is 133 cm³/mol. The third kappa shape index (κ3) is 4.88. The number of piperidine rings is 1. The minimum absolute atomic E-state index is 0.0238. The van der Waals surface area contributed by atoms with Gasteiger partial charge in [-0.2, -0.15) is 5.10 Å². The molecule has 0 aliphatic carbocycles. The Bertz CT molecular complexity index is 1130. The first kappa shape index (κ1) is 24.5. The van der Waals surface area contributed by atoms with Gasteiger partial charge in [0.1, 0.15) is 0 Å². The highest BCUT2D eigenvalue weighted by Crippen LogP contribution is 2.29. The van der Waals surface area contributed by atoms with Crippen LogP contribution in [0.1, 0.15) is 49.4 Å². The first-order chi connectivity index (χ1) is 17.4. The number of fused-ring (bicyclic) bond motifs is 1. The van der Waals surface area contributed by atoms with E-state index in [4.69, 9.17) is 4.74 Å². The molecule has 3 saturated heterocycles. The minimum atomic E-state index is -0.255. The van der Waals surface area contributed by atoms with Crippen LogP contribution in [-0.2, 0) is 20.9 Å². The zero-order chi connectivity index (χ0) is 25.2. The number of hydrogen-bond donors (Lipinski definition) is 2. The van der Waals surface area contributed by atoms with Gasteiger partial charge < -0.3 is 25.2 Å². The summed E-state index contributed by atoms with van der Waals surface area (Å²) in [5.41, 5.74) is 2.04. The molecule has 0 saturated carbocycles. The van der Waals surface area contributed by atoms with E-state index in [2.05, 4.69) is 20.7 Å². The summed E-state index contributed by atoms with van der Waals surface area (Å²) < 4.78 is 7.33. The number of likely N-dealkylation sites (tertiary alicyclic amines) is 2. The van der Waals surface area contributed by atoms with Gasteiger partial charge in [0.05, 0.1) is 28.8 Å². The van der Waals surface area contributed by atoms with Crippen molar-refractivity contribution in [3.05, 3.63) is 18.0 Å². The average Bonchev–Trinajstić information content (AvgIpc) is 3.47. The number of rotatable bonds is 6. The molecule has 3 aliphatic heterocycles. The lowest BCUT2D eigenvalue weighted by atomic mass is 10.0. The largest absolute Gasteiger partial charge is 0.381 e. The maximum atomic E-state index is 13.4. The van der Waals surface area contributed by atoms with E-state index >= 15 is 0 Å². The lowest BCUT2D eigenvalue weighted by molar-refractivity contribution is -0.136. The van der Waals surface area contributed by atoms with Crippen LogP contribution in [0.15, 0.2) is 12.4 Å². The van der Waals surface area contributed by atoms with E-state index in [0.717, 1.165) is 29.6 Å². The molecule has 0 aromatic carbocycles. The summed E-state index contributed by atoms with van der Waals surface area (Å²) in [4.78, 5) is 46.1. The van der Waals surface area contributed by atoms with E-state index in [0.29, 0.717) is 64.2 Å². The van der Waals surface area contributed by atoms with Crippen LogP contribution in [-0.4, -0.2) is 94.3 Å². The summed E-state index contributed by atoms with van der Waals surface area (Å²) in [6, 6.07) is 0.191. The Morgan fingerprint density at radius 1 is 1.11 bits per heavy atom. The van der Waals surface area contributed by atoms with Crippen LogP contribution in [0.3, 0.4) is 0 Å². The quantitative estimate of drug-likeness (QED) is 0.616. The second kappa shape index (κ2) is 10.4. The van der Waals surface area contributed by atoms with Gasteiger partial charge in [0.2, 0.25) is 11.8 Å². The molecule has 1 unspecified atom stereocenters. The molecule has 2 N–H and O–H groups in total. The van der Waals surface area contributed by atoms with Crippen molar-refractivity contribution in [2.45, 2.75) is 57.7 Å². The van der Waals surface area contributed by atoms with Crippen LogP contribution in [0.4, 0.5) is 5.69 Å². The van der Waals surface area contributed by atoms with Gasteiger partial charge >= 0.3 is 0 Å². The number of aromatic nitrogens is 3. The molecule has 2 aromatic rings. The third-order valence-electron chi connectivity index (χ3n) is 7.61. The van der Waals surface area contributed by atoms with Gasteiger partial charge in [0.25, 0.3) is 5.91 Å². The molecule has 5 heterocycles. The fourth-order valence-corrected chi connectivity index (χ4v) is 5.43. The van der Waals surface area contributed by atoms with E-state index in [1.807, 2.05) is 16.5 Å². The van der Waals surface area contributed by atoms with E-state index in [1.54, 1.807) is 24.3 Å². The number of carbonyl (C=O) groups excluding carboxylic acids is 3. The molecule has 0 radical (unpaired) electrons. The fraction of sp³-hybridized carbons (Fsp3) is 0.640.